The molecular weight excluding hydrogens is 262 g/mol. The van der Waals surface area contributed by atoms with E-state index in [1.54, 1.807) is 12.1 Å². The lowest BCUT2D eigenvalue weighted by Crippen LogP contribution is -2.48. The molecule has 1 heterocycles. The molecule has 5 heteroatoms. The van der Waals surface area contributed by atoms with E-state index in [1.165, 1.54) is 12.1 Å². The predicted octanol–water partition coefficient (Wildman–Crippen LogP) is 2.73. The Kier molecular flexibility index (Phi) is 5.46. The van der Waals surface area contributed by atoms with Crippen molar-refractivity contribution < 1.29 is 13.5 Å². The summed E-state index contributed by atoms with van der Waals surface area (Å²) in [7, 11) is 0. The SMILES string of the molecule is CCCN1CCOC(CN)C1c1ccc(C(F)F)cc1. The van der Waals surface area contributed by atoms with E-state index in [9.17, 15) is 8.78 Å². The zero-order valence-electron chi connectivity index (χ0n) is 11.8. The number of hydrogen-bond acceptors (Lipinski definition) is 3. The molecule has 0 radical (unpaired) electrons. The van der Waals surface area contributed by atoms with Crippen molar-refractivity contribution in [2.75, 3.05) is 26.2 Å². The first-order valence-corrected chi connectivity index (χ1v) is 7.11. The van der Waals surface area contributed by atoms with Gasteiger partial charge in [0.25, 0.3) is 6.43 Å². The van der Waals surface area contributed by atoms with Crippen molar-refractivity contribution in [2.45, 2.75) is 31.9 Å². The van der Waals surface area contributed by atoms with Crippen molar-refractivity contribution in [3.05, 3.63) is 35.4 Å². The molecule has 1 aromatic rings. The van der Waals surface area contributed by atoms with E-state index in [0.717, 1.165) is 25.1 Å². The summed E-state index contributed by atoms with van der Waals surface area (Å²) in [6, 6.07) is 6.58. The van der Waals surface area contributed by atoms with Gasteiger partial charge in [-0.3, -0.25) is 4.90 Å². The first kappa shape index (κ1) is 15.4. The minimum atomic E-state index is -2.43. The summed E-state index contributed by atoms with van der Waals surface area (Å²) in [5, 5.41) is 0. The maximum absolute atomic E-state index is 12.6. The molecule has 1 aliphatic rings. The average Bonchev–Trinajstić information content (AvgIpc) is 2.47. The summed E-state index contributed by atoms with van der Waals surface area (Å²) in [6.45, 7) is 5.05. The van der Waals surface area contributed by atoms with Crippen LogP contribution in [0.4, 0.5) is 8.78 Å². The highest BCUT2D eigenvalue weighted by Gasteiger charge is 2.32. The molecule has 2 atom stereocenters. The summed E-state index contributed by atoms with van der Waals surface area (Å²) < 4.78 is 31.0. The van der Waals surface area contributed by atoms with Gasteiger partial charge in [0.2, 0.25) is 0 Å². The third-order valence-corrected chi connectivity index (χ3v) is 3.73. The summed E-state index contributed by atoms with van der Waals surface area (Å²) in [4.78, 5) is 2.33. The molecule has 3 nitrogen and oxygen atoms in total. The van der Waals surface area contributed by atoms with E-state index >= 15 is 0 Å². The second-order valence-electron chi connectivity index (χ2n) is 5.09. The Hall–Kier alpha value is -1.04. The highest BCUT2D eigenvalue weighted by atomic mass is 19.3. The van der Waals surface area contributed by atoms with Gasteiger partial charge >= 0.3 is 0 Å². The second kappa shape index (κ2) is 7.11. The summed E-state index contributed by atoms with van der Waals surface area (Å²) in [6.07, 6.45) is -1.46. The molecule has 0 saturated carbocycles. The fraction of sp³-hybridized carbons (Fsp3) is 0.600. The number of hydrogen-bond donors (Lipinski definition) is 1. The Labute approximate surface area is 118 Å². The molecule has 112 valence electrons. The molecule has 0 amide bonds. The molecule has 2 rings (SSSR count). The zero-order valence-corrected chi connectivity index (χ0v) is 11.8. The number of benzene rings is 1. The lowest BCUT2D eigenvalue weighted by molar-refractivity contribution is -0.0676. The number of nitrogens with two attached hydrogens (primary N) is 1. The maximum atomic E-state index is 12.6. The van der Waals surface area contributed by atoms with Crippen LogP contribution in [0.15, 0.2) is 24.3 Å². The topological polar surface area (TPSA) is 38.5 Å². The molecule has 1 saturated heterocycles. The van der Waals surface area contributed by atoms with E-state index in [2.05, 4.69) is 11.8 Å². The predicted molar refractivity (Wildman–Crippen MR) is 74.8 cm³/mol. The number of nitrogens with zero attached hydrogens (tertiary/aromatic N) is 1. The molecule has 0 aliphatic carbocycles. The van der Waals surface area contributed by atoms with Crippen molar-refractivity contribution in [3.8, 4) is 0 Å². The molecule has 0 bridgehead atoms. The van der Waals surface area contributed by atoms with Gasteiger partial charge in [0.05, 0.1) is 18.8 Å². The zero-order chi connectivity index (χ0) is 14.5. The van der Waals surface area contributed by atoms with Crippen molar-refractivity contribution >= 4 is 0 Å². The van der Waals surface area contributed by atoms with Crippen LogP contribution in [0.2, 0.25) is 0 Å². The van der Waals surface area contributed by atoms with E-state index in [1.807, 2.05) is 0 Å². The van der Waals surface area contributed by atoms with Crippen LogP contribution in [0.1, 0.15) is 36.9 Å². The molecule has 1 aromatic carbocycles. The van der Waals surface area contributed by atoms with Crippen LogP contribution in [0.5, 0.6) is 0 Å². The molecule has 0 aromatic heterocycles. The molecule has 1 aliphatic heterocycles. The van der Waals surface area contributed by atoms with Crippen LogP contribution >= 0.6 is 0 Å². The van der Waals surface area contributed by atoms with Gasteiger partial charge in [-0.25, -0.2) is 8.78 Å². The first-order chi connectivity index (χ1) is 9.67. The smallest absolute Gasteiger partial charge is 0.263 e. The number of rotatable bonds is 5. The first-order valence-electron chi connectivity index (χ1n) is 7.11. The Morgan fingerprint density at radius 3 is 2.60 bits per heavy atom. The van der Waals surface area contributed by atoms with E-state index in [4.69, 9.17) is 10.5 Å². The quantitative estimate of drug-likeness (QED) is 0.903. The van der Waals surface area contributed by atoms with E-state index in [0.29, 0.717) is 13.2 Å². The van der Waals surface area contributed by atoms with Gasteiger partial charge in [-0.1, -0.05) is 31.2 Å². The van der Waals surface area contributed by atoms with E-state index in [-0.39, 0.29) is 17.7 Å². The van der Waals surface area contributed by atoms with Gasteiger partial charge in [0.15, 0.2) is 0 Å². The highest BCUT2D eigenvalue weighted by molar-refractivity contribution is 5.27. The fourth-order valence-electron chi connectivity index (χ4n) is 2.79. The summed E-state index contributed by atoms with van der Waals surface area (Å²) >= 11 is 0. The summed E-state index contributed by atoms with van der Waals surface area (Å²) in [5.74, 6) is 0. The van der Waals surface area contributed by atoms with Crippen LogP contribution in [-0.4, -0.2) is 37.2 Å². The minimum absolute atomic E-state index is 0.0526. The standard InChI is InChI=1S/C15H22F2N2O/c1-2-7-19-8-9-20-13(10-18)14(19)11-3-5-12(6-4-11)15(16)17/h3-6,13-15H,2,7-10,18H2,1H3. The number of halogens is 2. The average molecular weight is 284 g/mol. The van der Waals surface area contributed by atoms with Crippen LogP contribution in [-0.2, 0) is 4.74 Å². The van der Waals surface area contributed by atoms with Gasteiger partial charge in [0.1, 0.15) is 0 Å². The molecule has 20 heavy (non-hydrogen) atoms. The Morgan fingerprint density at radius 2 is 2.05 bits per heavy atom. The third-order valence-electron chi connectivity index (χ3n) is 3.73. The third kappa shape index (κ3) is 3.34. The Morgan fingerprint density at radius 1 is 1.35 bits per heavy atom. The van der Waals surface area contributed by atoms with Crippen LogP contribution in [0.3, 0.4) is 0 Å². The van der Waals surface area contributed by atoms with Crippen LogP contribution in [0.25, 0.3) is 0 Å². The summed E-state index contributed by atoms with van der Waals surface area (Å²) in [5.41, 5.74) is 6.85. The van der Waals surface area contributed by atoms with Crippen molar-refractivity contribution in [3.63, 3.8) is 0 Å². The fourth-order valence-corrected chi connectivity index (χ4v) is 2.79. The molecule has 2 N–H and O–H groups in total. The highest BCUT2D eigenvalue weighted by Crippen LogP contribution is 2.30. The molecule has 1 fully saturated rings. The molecular formula is C15H22F2N2O. The Balaban J connectivity index is 2.23. The van der Waals surface area contributed by atoms with E-state index < -0.39 is 6.43 Å². The normalized spacial score (nSPS) is 24.2. The number of alkyl halides is 2. The largest absolute Gasteiger partial charge is 0.374 e. The lowest BCUT2D eigenvalue weighted by Gasteiger charge is -2.41. The van der Waals surface area contributed by atoms with Gasteiger partial charge in [0, 0.05) is 18.7 Å². The van der Waals surface area contributed by atoms with Crippen molar-refractivity contribution in [1.82, 2.24) is 4.90 Å². The molecule has 0 spiro atoms. The van der Waals surface area contributed by atoms with Crippen LogP contribution < -0.4 is 5.73 Å². The minimum Gasteiger partial charge on any atom is -0.374 e. The van der Waals surface area contributed by atoms with Gasteiger partial charge in [-0.15, -0.1) is 0 Å². The van der Waals surface area contributed by atoms with Crippen LogP contribution in [0, 0.1) is 0 Å². The monoisotopic (exact) mass is 284 g/mol. The maximum Gasteiger partial charge on any atom is 0.263 e. The number of ether oxygens (including phenoxy) is 1. The van der Waals surface area contributed by atoms with Gasteiger partial charge < -0.3 is 10.5 Å². The number of morpholine rings is 1. The second-order valence-corrected chi connectivity index (χ2v) is 5.09. The van der Waals surface area contributed by atoms with Gasteiger partial charge in [-0.05, 0) is 18.5 Å². The van der Waals surface area contributed by atoms with Crippen molar-refractivity contribution in [1.29, 1.82) is 0 Å². The molecule has 2 unspecified atom stereocenters. The van der Waals surface area contributed by atoms with Crippen molar-refractivity contribution in [2.24, 2.45) is 5.73 Å². The van der Waals surface area contributed by atoms with Gasteiger partial charge in [-0.2, -0.15) is 0 Å². The lowest BCUT2D eigenvalue weighted by atomic mass is 9.96. The Bertz CT molecular complexity index is 409.